The standard InChI is InChI=1S/C26H18ClF6N11/c1-41-24(35-13-37-41)15-10-36-43(11-15)20(8-16-6-7-42(39-16)25(29)30)18-4-2-14(9-34-18)22-19(5-3-17(27)23(22)28)44-12-21(38-40-44)26(31,32)33/h2-7,9-13,20,25H,8H2,1H3/p+1/t20-/m0/s1. The van der Waals surface area contributed by atoms with E-state index in [0.717, 1.165) is 10.9 Å². The van der Waals surface area contributed by atoms with Crippen molar-refractivity contribution in [1.82, 2.24) is 49.6 Å². The fourth-order valence-electron chi connectivity index (χ4n) is 4.62. The highest BCUT2D eigenvalue weighted by Gasteiger charge is 2.41. The number of hydrogen-bond acceptors (Lipinski definition) is 6. The second-order valence-corrected chi connectivity index (χ2v) is 9.93. The third-order valence-corrected chi connectivity index (χ3v) is 7.02. The number of H-pyrrole nitrogens is 1. The van der Waals surface area contributed by atoms with Crippen LogP contribution in [-0.2, 0) is 19.6 Å². The van der Waals surface area contributed by atoms with Gasteiger partial charge in [-0.25, -0.2) is 18.7 Å². The van der Waals surface area contributed by atoms with Gasteiger partial charge in [0, 0.05) is 37.6 Å². The molecule has 1 atom stereocenters. The molecule has 0 saturated heterocycles. The number of halogens is 7. The number of nitrogens with zero attached hydrogens (tertiary/aromatic N) is 10. The van der Waals surface area contributed by atoms with Crippen LogP contribution in [0.4, 0.5) is 26.3 Å². The molecule has 0 radical (unpaired) electrons. The molecule has 5 aromatic heterocycles. The zero-order chi connectivity index (χ0) is 31.2. The minimum absolute atomic E-state index is 0.000987. The Morgan fingerprint density at radius 3 is 2.45 bits per heavy atom. The number of aryl methyl sites for hydroxylation is 1. The summed E-state index contributed by atoms with van der Waals surface area (Å²) in [4.78, 5) is 8.72. The molecular formula is C26H19ClF6N11+. The third-order valence-electron chi connectivity index (χ3n) is 6.73. The molecule has 0 aliphatic rings. The van der Waals surface area contributed by atoms with Crippen molar-refractivity contribution in [3.63, 3.8) is 0 Å². The second kappa shape index (κ2) is 11.2. The molecule has 0 amide bonds. The summed E-state index contributed by atoms with van der Waals surface area (Å²) in [6.07, 6.45) is 3.19. The van der Waals surface area contributed by atoms with E-state index < -0.39 is 30.3 Å². The quantitative estimate of drug-likeness (QED) is 0.187. The molecule has 44 heavy (non-hydrogen) atoms. The van der Waals surface area contributed by atoms with E-state index in [-0.39, 0.29) is 28.3 Å². The lowest BCUT2D eigenvalue weighted by Crippen LogP contribution is -2.33. The van der Waals surface area contributed by atoms with Gasteiger partial charge in [0.15, 0.2) is 23.5 Å². The van der Waals surface area contributed by atoms with Gasteiger partial charge in [0.2, 0.25) is 0 Å². The molecule has 0 aliphatic carbocycles. The average Bonchev–Trinajstić information content (AvgIpc) is 3.80. The Morgan fingerprint density at radius 1 is 1.00 bits per heavy atom. The highest BCUT2D eigenvalue weighted by atomic mass is 35.5. The Hall–Kier alpha value is -5.06. The molecular weight excluding hydrogens is 616 g/mol. The number of rotatable bonds is 8. The van der Waals surface area contributed by atoms with E-state index in [1.165, 1.54) is 36.8 Å². The Labute approximate surface area is 248 Å². The van der Waals surface area contributed by atoms with Crippen LogP contribution in [0.3, 0.4) is 0 Å². The molecule has 11 nitrogen and oxygen atoms in total. The van der Waals surface area contributed by atoms with Crippen molar-refractivity contribution in [3.8, 4) is 28.2 Å². The van der Waals surface area contributed by atoms with Crippen molar-refractivity contribution >= 4 is 11.6 Å². The zero-order valence-corrected chi connectivity index (χ0v) is 23.1. The van der Waals surface area contributed by atoms with E-state index in [1.807, 2.05) is 0 Å². The van der Waals surface area contributed by atoms with Gasteiger partial charge in [-0.1, -0.05) is 22.9 Å². The summed E-state index contributed by atoms with van der Waals surface area (Å²) < 4.78 is 85.9. The van der Waals surface area contributed by atoms with Crippen molar-refractivity contribution in [2.24, 2.45) is 7.05 Å². The molecule has 1 N–H and O–H groups in total. The highest BCUT2D eigenvalue weighted by molar-refractivity contribution is 6.31. The largest absolute Gasteiger partial charge is 0.464 e. The number of alkyl halides is 5. The zero-order valence-electron chi connectivity index (χ0n) is 22.3. The maximum atomic E-state index is 15.4. The molecule has 1 aromatic carbocycles. The first-order valence-electron chi connectivity index (χ1n) is 12.7. The maximum absolute atomic E-state index is 15.4. The van der Waals surface area contributed by atoms with E-state index in [0.29, 0.717) is 33.7 Å². The summed E-state index contributed by atoms with van der Waals surface area (Å²) >= 11 is 6.04. The van der Waals surface area contributed by atoms with Gasteiger partial charge in [-0.05, 0) is 24.3 Å². The SMILES string of the molecule is Cn1ncnc1-c1cnn([C@@H](Cc2ccn(C(F)F)n2)c2ccc(-c3c(-[n+]4cc(C(F)(F)F)n[nH]4)ccc(Cl)c3F)cn2)c1. The Kier molecular flexibility index (Phi) is 7.40. The van der Waals surface area contributed by atoms with E-state index >= 15 is 4.39 Å². The van der Waals surface area contributed by atoms with Crippen LogP contribution in [0.5, 0.6) is 0 Å². The summed E-state index contributed by atoms with van der Waals surface area (Å²) in [7, 11) is 1.71. The minimum Gasteiger partial charge on any atom is -0.263 e. The van der Waals surface area contributed by atoms with Crippen LogP contribution in [0.25, 0.3) is 28.2 Å². The molecule has 6 aromatic rings. The fraction of sp³-hybridized carbons (Fsp3) is 0.192. The number of nitrogens with one attached hydrogen (secondary N) is 1. The third kappa shape index (κ3) is 5.52. The van der Waals surface area contributed by atoms with Crippen LogP contribution in [0.15, 0.2) is 67.6 Å². The van der Waals surface area contributed by atoms with Crippen molar-refractivity contribution < 1.29 is 31.0 Å². The lowest BCUT2D eigenvalue weighted by Gasteiger charge is -2.17. The summed E-state index contributed by atoms with van der Waals surface area (Å²) in [5, 5.41) is 17.7. The molecule has 6 rings (SSSR count). The minimum atomic E-state index is -4.73. The lowest BCUT2D eigenvalue weighted by molar-refractivity contribution is -0.659. The second-order valence-electron chi connectivity index (χ2n) is 9.52. The summed E-state index contributed by atoms with van der Waals surface area (Å²) in [5.74, 6) is -0.349. The summed E-state index contributed by atoms with van der Waals surface area (Å²) in [6.45, 7) is -2.83. The predicted molar refractivity (Wildman–Crippen MR) is 141 cm³/mol. The van der Waals surface area contributed by atoms with Gasteiger partial charge >= 0.3 is 18.4 Å². The monoisotopic (exact) mass is 634 g/mol. The van der Waals surface area contributed by atoms with Crippen LogP contribution >= 0.6 is 11.6 Å². The van der Waals surface area contributed by atoms with E-state index in [1.54, 1.807) is 34.9 Å². The van der Waals surface area contributed by atoms with Crippen molar-refractivity contribution in [2.75, 3.05) is 0 Å². The average molecular weight is 635 g/mol. The van der Waals surface area contributed by atoms with Gasteiger partial charge in [-0.15, -0.1) is 4.68 Å². The molecule has 0 aliphatic heterocycles. The summed E-state index contributed by atoms with van der Waals surface area (Å²) in [5.41, 5.74) is 0.227. The van der Waals surface area contributed by atoms with Gasteiger partial charge in [0.25, 0.3) is 0 Å². The Balaban J connectivity index is 1.39. The van der Waals surface area contributed by atoms with Gasteiger partial charge in [-0.3, -0.25) is 9.67 Å². The molecule has 0 unspecified atom stereocenters. The molecule has 0 spiro atoms. The first-order valence-corrected chi connectivity index (χ1v) is 13.1. The van der Waals surface area contributed by atoms with E-state index in [2.05, 4.69) is 35.6 Å². The number of hydrogen-bond donors (Lipinski definition) is 1. The summed E-state index contributed by atoms with van der Waals surface area (Å²) in [6, 6.07) is 6.42. The van der Waals surface area contributed by atoms with Crippen molar-refractivity contribution in [1.29, 1.82) is 0 Å². The van der Waals surface area contributed by atoms with Gasteiger partial charge < -0.3 is 0 Å². The van der Waals surface area contributed by atoms with Gasteiger partial charge in [0.1, 0.15) is 6.33 Å². The number of aromatic nitrogens is 11. The number of benzene rings is 1. The smallest absolute Gasteiger partial charge is 0.263 e. The Morgan fingerprint density at radius 2 is 1.82 bits per heavy atom. The van der Waals surface area contributed by atoms with Crippen molar-refractivity contribution in [2.45, 2.75) is 25.2 Å². The number of aromatic amines is 1. The number of pyridine rings is 1. The van der Waals surface area contributed by atoms with Crippen LogP contribution in [-0.4, -0.2) is 49.6 Å². The molecule has 0 saturated carbocycles. The Bertz CT molecular complexity index is 1920. The van der Waals surface area contributed by atoms with Gasteiger partial charge in [0.05, 0.1) is 44.9 Å². The van der Waals surface area contributed by atoms with Crippen molar-refractivity contribution in [3.05, 3.63) is 95.6 Å². The molecule has 18 heteroatoms. The normalized spacial score (nSPS) is 12.8. The topological polar surface area (TPSA) is 112 Å². The molecule has 5 heterocycles. The van der Waals surface area contributed by atoms with Gasteiger partial charge in [-0.2, -0.15) is 37.2 Å². The first-order chi connectivity index (χ1) is 21.0. The molecule has 0 fully saturated rings. The lowest BCUT2D eigenvalue weighted by atomic mass is 10.0. The predicted octanol–water partition coefficient (Wildman–Crippen LogP) is 4.98. The highest BCUT2D eigenvalue weighted by Crippen LogP contribution is 2.33. The fourth-order valence-corrected chi connectivity index (χ4v) is 4.78. The van der Waals surface area contributed by atoms with Crippen LogP contribution in [0.2, 0.25) is 5.02 Å². The maximum Gasteiger partial charge on any atom is 0.464 e. The first kappa shape index (κ1) is 29.0. The van der Waals surface area contributed by atoms with E-state index in [4.69, 9.17) is 11.6 Å². The molecule has 0 bridgehead atoms. The van der Waals surface area contributed by atoms with E-state index in [9.17, 15) is 22.0 Å². The van der Waals surface area contributed by atoms with Crippen LogP contribution in [0, 0.1) is 5.82 Å². The van der Waals surface area contributed by atoms with Crippen LogP contribution in [0.1, 0.15) is 29.7 Å². The van der Waals surface area contributed by atoms with Crippen LogP contribution < -0.4 is 4.68 Å². The molecule has 226 valence electrons.